The van der Waals surface area contributed by atoms with E-state index in [1.165, 1.54) is 16.4 Å². The molecule has 0 saturated heterocycles. The van der Waals surface area contributed by atoms with Crippen molar-refractivity contribution in [1.29, 1.82) is 0 Å². The normalized spacial score (nSPS) is 11.7. The summed E-state index contributed by atoms with van der Waals surface area (Å²) in [5.41, 5.74) is 1.51. The van der Waals surface area contributed by atoms with Crippen LogP contribution in [0.15, 0.2) is 59.5 Å². The third-order valence-corrected chi connectivity index (χ3v) is 6.96. The third kappa shape index (κ3) is 6.68. The molecule has 0 aliphatic carbocycles. The maximum absolute atomic E-state index is 12.7. The summed E-state index contributed by atoms with van der Waals surface area (Å²) in [6.07, 6.45) is 0. The van der Waals surface area contributed by atoms with E-state index in [0.29, 0.717) is 23.9 Å². The summed E-state index contributed by atoms with van der Waals surface area (Å²) in [5, 5.41) is 2.80. The Balaban J connectivity index is 1.97. The van der Waals surface area contributed by atoms with Crippen LogP contribution in [0.3, 0.4) is 0 Å². The fourth-order valence-corrected chi connectivity index (χ4v) is 4.41. The highest BCUT2D eigenvalue weighted by atomic mass is 32.2. The predicted octanol–water partition coefficient (Wildman–Crippen LogP) is 3.84. The van der Waals surface area contributed by atoms with E-state index in [1.807, 2.05) is 30.3 Å². The summed E-state index contributed by atoms with van der Waals surface area (Å²) in [6, 6.07) is 15.7. The second kappa shape index (κ2) is 9.92. The van der Waals surface area contributed by atoms with Crippen LogP contribution < -0.4 is 5.32 Å². The number of carbonyl (C=O) groups excluding carboxylic acids is 1. The molecule has 0 aromatic heterocycles. The average Bonchev–Trinajstić information content (AvgIpc) is 2.62. The van der Waals surface area contributed by atoms with Crippen LogP contribution in [0.2, 0.25) is 0 Å². The number of sulfonamides is 1. The highest BCUT2D eigenvalue weighted by Crippen LogP contribution is 2.19. The monoisotopic (exact) mass is 406 g/mol. The molecule has 0 saturated carbocycles. The van der Waals surface area contributed by atoms with Gasteiger partial charge in [0.25, 0.3) is 0 Å². The molecule has 0 bridgehead atoms. The van der Waals surface area contributed by atoms with Gasteiger partial charge in [-0.15, -0.1) is 0 Å². The summed E-state index contributed by atoms with van der Waals surface area (Å²) < 4.78 is 26.7. The topological polar surface area (TPSA) is 66.5 Å². The smallest absolute Gasteiger partial charge is 0.243 e. The number of rotatable bonds is 9. The number of carbonyl (C=O) groups is 1. The fraction of sp³-hybridized carbons (Fsp3) is 0.350. The molecule has 0 unspecified atom stereocenters. The van der Waals surface area contributed by atoms with E-state index in [4.69, 9.17) is 0 Å². The summed E-state index contributed by atoms with van der Waals surface area (Å²) in [6.45, 7) is 4.52. The molecular formula is C20H26N2O3S2. The maximum atomic E-state index is 12.7. The van der Waals surface area contributed by atoms with Gasteiger partial charge in [-0.05, 0) is 41.5 Å². The minimum absolute atomic E-state index is 0.0857. The quantitative estimate of drug-likeness (QED) is 0.687. The van der Waals surface area contributed by atoms with Gasteiger partial charge in [-0.3, -0.25) is 4.79 Å². The van der Waals surface area contributed by atoms with Crippen molar-refractivity contribution in [3.8, 4) is 0 Å². The van der Waals surface area contributed by atoms with E-state index in [0.717, 1.165) is 11.3 Å². The molecule has 0 radical (unpaired) electrons. The summed E-state index contributed by atoms with van der Waals surface area (Å²) >= 11 is 1.59. The van der Waals surface area contributed by atoms with Crippen LogP contribution in [0, 0.1) is 5.92 Å². The SMILES string of the molecule is CC(C)CSCC(=O)Nc1ccc(S(=O)(=O)N(C)Cc2ccccc2)cc1. The number of anilines is 1. The Bertz CT molecular complexity index is 835. The highest BCUT2D eigenvalue weighted by molar-refractivity contribution is 7.99. The summed E-state index contributed by atoms with van der Waals surface area (Å²) in [5.74, 6) is 1.77. The molecule has 2 aromatic carbocycles. The molecule has 7 heteroatoms. The van der Waals surface area contributed by atoms with Gasteiger partial charge in [-0.2, -0.15) is 16.1 Å². The van der Waals surface area contributed by atoms with Crippen LogP contribution in [-0.4, -0.2) is 37.2 Å². The van der Waals surface area contributed by atoms with Gasteiger partial charge >= 0.3 is 0 Å². The molecule has 1 amide bonds. The van der Waals surface area contributed by atoms with Gasteiger partial charge in [0.15, 0.2) is 0 Å². The van der Waals surface area contributed by atoms with Gasteiger partial charge < -0.3 is 5.32 Å². The molecular weight excluding hydrogens is 380 g/mol. The number of nitrogens with one attached hydrogen (secondary N) is 1. The molecule has 0 heterocycles. The number of thioether (sulfide) groups is 1. The van der Waals surface area contributed by atoms with Crippen molar-refractivity contribution >= 4 is 33.4 Å². The molecule has 5 nitrogen and oxygen atoms in total. The first kappa shape index (κ1) is 21.5. The maximum Gasteiger partial charge on any atom is 0.243 e. The molecule has 0 aliphatic rings. The van der Waals surface area contributed by atoms with Gasteiger partial charge in [0.2, 0.25) is 15.9 Å². The van der Waals surface area contributed by atoms with Crippen molar-refractivity contribution < 1.29 is 13.2 Å². The molecule has 27 heavy (non-hydrogen) atoms. The van der Waals surface area contributed by atoms with E-state index in [1.54, 1.807) is 30.9 Å². The molecule has 2 rings (SSSR count). The van der Waals surface area contributed by atoms with Gasteiger partial charge in [0.05, 0.1) is 10.6 Å². The van der Waals surface area contributed by atoms with E-state index < -0.39 is 10.0 Å². The van der Waals surface area contributed by atoms with Crippen molar-refractivity contribution in [3.05, 3.63) is 60.2 Å². The Morgan fingerprint density at radius 3 is 2.30 bits per heavy atom. The standard InChI is InChI=1S/C20H26N2O3S2/c1-16(2)14-26-15-20(23)21-18-9-11-19(12-10-18)27(24,25)22(3)13-17-7-5-4-6-8-17/h4-12,16H,13-15H2,1-3H3,(H,21,23). The summed E-state index contributed by atoms with van der Waals surface area (Å²) in [4.78, 5) is 12.1. The third-order valence-electron chi connectivity index (χ3n) is 3.78. The van der Waals surface area contributed by atoms with Gasteiger partial charge in [0.1, 0.15) is 0 Å². The molecule has 0 fully saturated rings. The number of hydrogen-bond donors (Lipinski definition) is 1. The predicted molar refractivity (Wildman–Crippen MR) is 112 cm³/mol. The Morgan fingerprint density at radius 1 is 1.07 bits per heavy atom. The van der Waals surface area contributed by atoms with E-state index in [9.17, 15) is 13.2 Å². The Labute approximate surface area is 166 Å². The lowest BCUT2D eigenvalue weighted by atomic mass is 10.2. The lowest BCUT2D eigenvalue weighted by Gasteiger charge is -2.17. The summed E-state index contributed by atoms with van der Waals surface area (Å²) in [7, 11) is -2.03. The second-order valence-corrected chi connectivity index (χ2v) is 9.80. The Kier molecular flexibility index (Phi) is 7.89. The van der Waals surface area contributed by atoms with Crippen molar-refractivity contribution in [3.63, 3.8) is 0 Å². The number of amides is 1. The molecule has 0 atom stereocenters. The first-order chi connectivity index (χ1) is 12.8. The van der Waals surface area contributed by atoms with Crippen LogP contribution in [0.25, 0.3) is 0 Å². The Hall–Kier alpha value is -1.83. The van der Waals surface area contributed by atoms with Crippen LogP contribution in [-0.2, 0) is 21.4 Å². The first-order valence-electron chi connectivity index (χ1n) is 8.77. The van der Waals surface area contributed by atoms with Gasteiger partial charge in [-0.25, -0.2) is 8.42 Å². The van der Waals surface area contributed by atoms with Crippen LogP contribution in [0.4, 0.5) is 5.69 Å². The molecule has 0 spiro atoms. The number of hydrogen-bond acceptors (Lipinski definition) is 4. The van der Waals surface area contributed by atoms with Crippen molar-refractivity contribution in [2.75, 3.05) is 23.9 Å². The van der Waals surface area contributed by atoms with Crippen molar-refractivity contribution in [2.24, 2.45) is 5.92 Å². The number of benzene rings is 2. The fourth-order valence-electron chi connectivity index (χ4n) is 2.40. The zero-order valence-electron chi connectivity index (χ0n) is 15.9. The highest BCUT2D eigenvalue weighted by Gasteiger charge is 2.20. The first-order valence-corrected chi connectivity index (χ1v) is 11.4. The van der Waals surface area contributed by atoms with Crippen LogP contribution in [0.5, 0.6) is 0 Å². The second-order valence-electron chi connectivity index (χ2n) is 6.73. The molecule has 0 aliphatic heterocycles. The largest absolute Gasteiger partial charge is 0.325 e. The van der Waals surface area contributed by atoms with E-state index in [2.05, 4.69) is 19.2 Å². The van der Waals surface area contributed by atoms with Crippen molar-refractivity contribution in [1.82, 2.24) is 4.31 Å². The lowest BCUT2D eigenvalue weighted by Crippen LogP contribution is -2.26. The van der Waals surface area contributed by atoms with Gasteiger partial charge in [0, 0.05) is 19.3 Å². The van der Waals surface area contributed by atoms with Crippen molar-refractivity contribution in [2.45, 2.75) is 25.3 Å². The van der Waals surface area contributed by atoms with Gasteiger partial charge in [-0.1, -0.05) is 44.2 Å². The molecule has 146 valence electrons. The Morgan fingerprint density at radius 2 is 1.70 bits per heavy atom. The lowest BCUT2D eigenvalue weighted by molar-refractivity contribution is -0.113. The van der Waals surface area contributed by atoms with E-state index >= 15 is 0 Å². The molecule has 1 N–H and O–H groups in total. The minimum atomic E-state index is -3.59. The average molecular weight is 407 g/mol. The zero-order chi connectivity index (χ0) is 19.9. The number of nitrogens with zero attached hydrogens (tertiary/aromatic N) is 1. The molecule has 2 aromatic rings. The van der Waals surface area contributed by atoms with E-state index in [-0.39, 0.29) is 10.8 Å². The minimum Gasteiger partial charge on any atom is -0.325 e. The zero-order valence-corrected chi connectivity index (χ0v) is 17.5. The van der Waals surface area contributed by atoms with Crippen LogP contribution >= 0.6 is 11.8 Å². The van der Waals surface area contributed by atoms with Crippen LogP contribution in [0.1, 0.15) is 19.4 Å².